The van der Waals surface area contributed by atoms with Crippen molar-refractivity contribution < 1.29 is 9.59 Å². The third-order valence-electron chi connectivity index (χ3n) is 4.65. The van der Waals surface area contributed by atoms with Crippen molar-refractivity contribution in [1.29, 1.82) is 0 Å². The lowest BCUT2D eigenvalue weighted by Gasteiger charge is -2.07. The van der Waals surface area contributed by atoms with Crippen molar-refractivity contribution in [1.82, 2.24) is 15.3 Å². The molecular weight excluding hydrogens is 302 g/mol. The fraction of sp³-hybridized carbons (Fsp3) is 0.188. The lowest BCUT2D eigenvalue weighted by molar-refractivity contribution is 0.0880. The molecule has 6 heteroatoms. The number of hydrogen-bond donors (Lipinski definition) is 2. The molecule has 2 aliphatic rings. The van der Waals surface area contributed by atoms with Crippen LogP contribution < -0.4 is 5.32 Å². The summed E-state index contributed by atoms with van der Waals surface area (Å²) in [7, 11) is 0. The van der Waals surface area contributed by atoms with E-state index in [2.05, 4.69) is 15.3 Å². The summed E-state index contributed by atoms with van der Waals surface area (Å²) < 4.78 is 0. The topological polar surface area (TPSA) is 74.8 Å². The standard InChI is InChI=1S/C16H10ClN3O2/c17-8-4-5-18-14-10(8)11-12-9(15(21)20-16(12)22)6-2-1-3-7(6)13(11)19-14/h4-5H,1-3H2,(H,18,19)(H,20,21,22). The Labute approximate surface area is 129 Å². The normalized spacial score (nSPS) is 16.4. The summed E-state index contributed by atoms with van der Waals surface area (Å²) in [5.41, 5.74) is 4.64. The molecule has 5 rings (SSSR count). The number of aromatic amines is 1. The molecule has 0 saturated heterocycles. The largest absolute Gasteiger partial charge is 0.339 e. The first-order valence-electron chi connectivity index (χ1n) is 7.16. The van der Waals surface area contributed by atoms with Crippen LogP contribution in [-0.2, 0) is 12.8 Å². The zero-order valence-corrected chi connectivity index (χ0v) is 12.2. The van der Waals surface area contributed by atoms with Gasteiger partial charge in [-0.25, -0.2) is 4.98 Å². The molecule has 0 unspecified atom stereocenters. The number of aromatic nitrogens is 2. The van der Waals surface area contributed by atoms with Gasteiger partial charge in [0.25, 0.3) is 11.8 Å². The Kier molecular flexibility index (Phi) is 2.14. The van der Waals surface area contributed by atoms with Crippen molar-refractivity contribution in [3.05, 3.63) is 39.5 Å². The first-order chi connectivity index (χ1) is 10.7. The number of nitrogens with one attached hydrogen (secondary N) is 2. The van der Waals surface area contributed by atoms with Crippen LogP contribution in [0, 0.1) is 0 Å². The lowest BCUT2D eigenvalue weighted by Crippen LogP contribution is -2.20. The summed E-state index contributed by atoms with van der Waals surface area (Å²) in [5.74, 6) is -0.644. The SMILES string of the molecule is O=C1NC(=O)c2c1c1c(c3[nH]c4nccc(Cl)c4c23)CCC1. The van der Waals surface area contributed by atoms with Crippen LogP contribution in [0.25, 0.3) is 21.9 Å². The van der Waals surface area contributed by atoms with Gasteiger partial charge in [0.1, 0.15) is 5.65 Å². The summed E-state index contributed by atoms with van der Waals surface area (Å²) >= 11 is 6.34. The summed E-state index contributed by atoms with van der Waals surface area (Å²) in [6.07, 6.45) is 4.33. The van der Waals surface area contributed by atoms with Crippen LogP contribution in [0.15, 0.2) is 12.3 Å². The number of halogens is 1. The molecule has 1 aliphatic carbocycles. The van der Waals surface area contributed by atoms with Gasteiger partial charge in [-0.2, -0.15) is 0 Å². The van der Waals surface area contributed by atoms with E-state index in [9.17, 15) is 9.59 Å². The monoisotopic (exact) mass is 311 g/mol. The average molecular weight is 312 g/mol. The Morgan fingerprint density at radius 2 is 1.82 bits per heavy atom. The van der Waals surface area contributed by atoms with Crippen molar-refractivity contribution >= 4 is 45.4 Å². The maximum atomic E-state index is 12.3. The number of H-pyrrole nitrogens is 1. The highest BCUT2D eigenvalue weighted by atomic mass is 35.5. The van der Waals surface area contributed by atoms with Gasteiger partial charge < -0.3 is 4.98 Å². The van der Waals surface area contributed by atoms with Crippen LogP contribution in [0.4, 0.5) is 0 Å². The summed E-state index contributed by atoms with van der Waals surface area (Å²) in [5, 5.41) is 4.40. The van der Waals surface area contributed by atoms with E-state index in [0.29, 0.717) is 21.8 Å². The Morgan fingerprint density at radius 3 is 2.68 bits per heavy atom. The molecule has 5 nitrogen and oxygen atoms in total. The minimum absolute atomic E-state index is 0.297. The molecule has 1 aromatic carbocycles. The molecule has 0 spiro atoms. The summed E-state index contributed by atoms with van der Waals surface area (Å²) in [6, 6.07) is 1.70. The van der Waals surface area contributed by atoms with E-state index in [1.807, 2.05) is 0 Å². The summed E-state index contributed by atoms with van der Waals surface area (Å²) in [6.45, 7) is 0. The zero-order chi connectivity index (χ0) is 15.0. The van der Waals surface area contributed by atoms with E-state index < -0.39 is 0 Å². The third-order valence-corrected chi connectivity index (χ3v) is 4.96. The van der Waals surface area contributed by atoms with Crippen LogP contribution >= 0.6 is 11.6 Å². The number of fused-ring (bicyclic) bond motifs is 8. The van der Waals surface area contributed by atoms with E-state index in [0.717, 1.165) is 46.7 Å². The van der Waals surface area contributed by atoms with Crippen molar-refractivity contribution in [2.45, 2.75) is 19.3 Å². The fourth-order valence-corrected chi connectivity index (χ4v) is 4.07. The predicted molar refractivity (Wildman–Crippen MR) is 82.4 cm³/mol. The number of rotatable bonds is 0. The Bertz CT molecular complexity index is 1040. The van der Waals surface area contributed by atoms with Crippen molar-refractivity contribution in [2.24, 2.45) is 0 Å². The number of pyridine rings is 1. The van der Waals surface area contributed by atoms with Crippen LogP contribution in [0.3, 0.4) is 0 Å². The van der Waals surface area contributed by atoms with E-state index in [4.69, 9.17) is 11.6 Å². The highest BCUT2D eigenvalue weighted by Gasteiger charge is 2.36. The maximum absolute atomic E-state index is 12.3. The van der Waals surface area contributed by atoms with E-state index in [1.165, 1.54) is 0 Å². The van der Waals surface area contributed by atoms with Gasteiger partial charge in [0, 0.05) is 17.0 Å². The maximum Gasteiger partial charge on any atom is 0.259 e. The molecule has 22 heavy (non-hydrogen) atoms. The average Bonchev–Trinajstić information content (AvgIpc) is 3.14. The van der Waals surface area contributed by atoms with Crippen LogP contribution in [0.2, 0.25) is 5.02 Å². The number of amides is 2. The molecule has 2 amide bonds. The molecule has 0 atom stereocenters. The second-order valence-corrected chi connectivity index (χ2v) is 6.14. The fourth-order valence-electron chi connectivity index (χ4n) is 3.83. The van der Waals surface area contributed by atoms with Gasteiger partial charge in [0.15, 0.2) is 0 Å². The molecule has 1 aliphatic heterocycles. The van der Waals surface area contributed by atoms with Gasteiger partial charge in [-0.1, -0.05) is 11.6 Å². The number of hydrogen-bond acceptors (Lipinski definition) is 3. The number of benzene rings is 1. The Balaban J connectivity index is 2.13. The molecule has 0 saturated carbocycles. The second-order valence-electron chi connectivity index (χ2n) is 5.74. The van der Waals surface area contributed by atoms with Crippen LogP contribution in [0.1, 0.15) is 38.3 Å². The molecule has 3 aromatic rings. The van der Waals surface area contributed by atoms with Crippen LogP contribution in [-0.4, -0.2) is 21.8 Å². The smallest absolute Gasteiger partial charge is 0.259 e. The Hall–Kier alpha value is -2.40. The molecule has 0 fully saturated rings. The van der Waals surface area contributed by atoms with E-state index in [-0.39, 0.29) is 11.8 Å². The van der Waals surface area contributed by atoms with Gasteiger partial charge >= 0.3 is 0 Å². The zero-order valence-electron chi connectivity index (χ0n) is 11.4. The number of carbonyl (C=O) groups is 2. The minimum atomic E-state index is -0.347. The number of nitrogens with zero attached hydrogens (tertiary/aromatic N) is 1. The van der Waals surface area contributed by atoms with E-state index >= 15 is 0 Å². The van der Waals surface area contributed by atoms with E-state index in [1.54, 1.807) is 12.3 Å². The second kappa shape index (κ2) is 3.87. The molecular formula is C16H10ClN3O2. The van der Waals surface area contributed by atoms with Gasteiger partial charge in [-0.3, -0.25) is 14.9 Å². The highest BCUT2D eigenvalue weighted by Crippen LogP contribution is 2.42. The van der Waals surface area contributed by atoms with Gasteiger partial charge in [-0.15, -0.1) is 0 Å². The molecule has 0 radical (unpaired) electrons. The molecule has 2 N–H and O–H groups in total. The number of imide groups is 1. The molecule has 108 valence electrons. The first kappa shape index (κ1) is 12.2. The number of aryl methyl sites for hydroxylation is 1. The van der Waals surface area contributed by atoms with Crippen LogP contribution in [0.5, 0.6) is 0 Å². The van der Waals surface area contributed by atoms with Crippen molar-refractivity contribution in [3.8, 4) is 0 Å². The first-order valence-corrected chi connectivity index (χ1v) is 7.54. The molecule has 3 heterocycles. The quantitative estimate of drug-likeness (QED) is 0.627. The minimum Gasteiger partial charge on any atom is -0.339 e. The van der Waals surface area contributed by atoms with Gasteiger partial charge in [0.2, 0.25) is 0 Å². The number of carbonyl (C=O) groups excluding carboxylic acids is 2. The van der Waals surface area contributed by atoms with Crippen molar-refractivity contribution in [2.75, 3.05) is 0 Å². The Morgan fingerprint density at radius 1 is 1.05 bits per heavy atom. The molecule has 2 aromatic heterocycles. The van der Waals surface area contributed by atoms with Gasteiger partial charge in [0.05, 0.1) is 21.7 Å². The third kappa shape index (κ3) is 1.28. The predicted octanol–water partition coefficient (Wildman–Crippen LogP) is 2.74. The lowest BCUT2D eigenvalue weighted by atomic mass is 9.94. The van der Waals surface area contributed by atoms with Crippen molar-refractivity contribution in [3.63, 3.8) is 0 Å². The van der Waals surface area contributed by atoms with Gasteiger partial charge in [-0.05, 0) is 36.5 Å². The summed E-state index contributed by atoms with van der Waals surface area (Å²) in [4.78, 5) is 32.2. The highest BCUT2D eigenvalue weighted by molar-refractivity contribution is 6.40. The molecule has 0 bridgehead atoms.